The van der Waals surface area contributed by atoms with Crippen molar-refractivity contribution >= 4 is 17.8 Å². The van der Waals surface area contributed by atoms with E-state index in [0.717, 1.165) is 18.1 Å². The van der Waals surface area contributed by atoms with Gasteiger partial charge in [-0.15, -0.1) is 11.8 Å². The second-order valence-electron chi connectivity index (χ2n) is 5.11. The summed E-state index contributed by atoms with van der Waals surface area (Å²) in [6.45, 7) is 6.71. The summed E-state index contributed by atoms with van der Waals surface area (Å²) in [5, 5.41) is 2.99. The zero-order chi connectivity index (χ0) is 12.5. The molecular formula is C12H18N2O2S. The van der Waals surface area contributed by atoms with Gasteiger partial charge in [-0.1, -0.05) is 0 Å². The molecule has 2 heterocycles. The van der Waals surface area contributed by atoms with Crippen LogP contribution in [0.3, 0.4) is 0 Å². The normalized spacial score (nSPS) is 20.6. The predicted octanol–water partition coefficient (Wildman–Crippen LogP) is 2.84. The van der Waals surface area contributed by atoms with Crippen molar-refractivity contribution in [2.24, 2.45) is 0 Å². The summed E-state index contributed by atoms with van der Waals surface area (Å²) >= 11 is 1.73. The van der Waals surface area contributed by atoms with Gasteiger partial charge in [0.05, 0.1) is 6.26 Å². The van der Waals surface area contributed by atoms with E-state index in [0.29, 0.717) is 0 Å². The van der Waals surface area contributed by atoms with Gasteiger partial charge in [0.15, 0.2) is 0 Å². The summed E-state index contributed by atoms with van der Waals surface area (Å²) < 4.78 is 5.39. The van der Waals surface area contributed by atoms with Crippen molar-refractivity contribution in [2.75, 3.05) is 12.3 Å². The molecule has 1 saturated heterocycles. The summed E-state index contributed by atoms with van der Waals surface area (Å²) in [7, 11) is 0. The van der Waals surface area contributed by atoms with Crippen molar-refractivity contribution in [3.63, 3.8) is 0 Å². The smallest absolute Gasteiger partial charge is 0.319 e. The Morgan fingerprint density at radius 1 is 1.59 bits per heavy atom. The number of carbonyl (C=O) groups excluding carboxylic acids is 1. The number of hydrogen-bond donors (Lipinski definition) is 1. The summed E-state index contributed by atoms with van der Waals surface area (Å²) in [6, 6.07) is 3.75. The fourth-order valence-electron chi connectivity index (χ4n) is 1.74. The first kappa shape index (κ1) is 12.4. The van der Waals surface area contributed by atoms with Crippen LogP contribution >= 0.6 is 11.8 Å². The van der Waals surface area contributed by atoms with Gasteiger partial charge < -0.3 is 14.6 Å². The molecule has 5 heteroatoms. The van der Waals surface area contributed by atoms with E-state index < -0.39 is 0 Å². The highest BCUT2D eigenvalue weighted by Crippen LogP contribution is 2.38. The minimum absolute atomic E-state index is 0.00681. The van der Waals surface area contributed by atoms with Crippen LogP contribution in [-0.2, 0) is 0 Å². The molecule has 1 aliphatic rings. The van der Waals surface area contributed by atoms with E-state index in [-0.39, 0.29) is 16.9 Å². The first-order chi connectivity index (χ1) is 7.97. The molecule has 1 unspecified atom stereocenters. The monoisotopic (exact) mass is 254 g/mol. The SMILES string of the molecule is CC(C)(C)NC(=O)N1CCSC1c1ccco1. The summed E-state index contributed by atoms with van der Waals surface area (Å²) in [5.74, 6) is 1.79. The van der Waals surface area contributed by atoms with Crippen LogP contribution in [0.2, 0.25) is 0 Å². The topological polar surface area (TPSA) is 45.5 Å². The molecule has 1 N–H and O–H groups in total. The first-order valence-corrected chi connectivity index (χ1v) is 6.76. The van der Waals surface area contributed by atoms with E-state index in [9.17, 15) is 4.79 Å². The lowest BCUT2D eigenvalue weighted by Gasteiger charge is -2.28. The lowest BCUT2D eigenvalue weighted by molar-refractivity contribution is 0.187. The second-order valence-corrected chi connectivity index (χ2v) is 6.30. The van der Waals surface area contributed by atoms with Gasteiger partial charge in [0.25, 0.3) is 0 Å². The molecular weight excluding hydrogens is 236 g/mol. The Morgan fingerprint density at radius 3 is 2.94 bits per heavy atom. The maximum atomic E-state index is 12.1. The molecule has 94 valence electrons. The number of nitrogens with one attached hydrogen (secondary N) is 1. The maximum absolute atomic E-state index is 12.1. The third-order valence-corrected chi connectivity index (χ3v) is 3.64. The Morgan fingerprint density at radius 2 is 2.35 bits per heavy atom. The third-order valence-electron chi connectivity index (χ3n) is 2.42. The van der Waals surface area contributed by atoms with Crippen LogP contribution in [0.1, 0.15) is 31.9 Å². The summed E-state index contributed by atoms with van der Waals surface area (Å²) in [6.07, 6.45) is 1.65. The molecule has 0 spiro atoms. The molecule has 0 bridgehead atoms. The van der Waals surface area contributed by atoms with Crippen LogP contribution < -0.4 is 5.32 Å². The lowest BCUT2D eigenvalue weighted by Crippen LogP contribution is -2.48. The number of thioether (sulfide) groups is 1. The third kappa shape index (κ3) is 2.97. The van der Waals surface area contributed by atoms with Crippen molar-refractivity contribution in [3.05, 3.63) is 24.2 Å². The van der Waals surface area contributed by atoms with Crippen LogP contribution in [0, 0.1) is 0 Å². The highest BCUT2D eigenvalue weighted by molar-refractivity contribution is 7.99. The number of furan rings is 1. The number of nitrogens with zero attached hydrogens (tertiary/aromatic N) is 1. The minimum Gasteiger partial charge on any atom is -0.466 e. The van der Waals surface area contributed by atoms with E-state index in [1.807, 2.05) is 37.8 Å². The molecule has 0 radical (unpaired) electrons. The predicted molar refractivity (Wildman–Crippen MR) is 68.9 cm³/mol. The molecule has 1 aromatic heterocycles. The standard InChI is InChI=1S/C12H18N2O2S/c1-12(2,3)13-11(15)14-6-8-17-10(14)9-5-4-7-16-9/h4-5,7,10H,6,8H2,1-3H3,(H,13,15). The van der Waals surface area contributed by atoms with Crippen LogP contribution in [0.4, 0.5) is 4.79 Å². The van der Waals surface area contributed by atoms with Crippen LogP contribution in [-0.4, -0.2) is 28.8 Å². The summed E-state index contributed by atoms with van der Waals surface area (Å²) in [5.41, 5.74) is -0.210. The lowest BCUT2D eigenvalue weighted by atomic mass is 10.1. The molecule has 1 atom stereocenters. The molecule has 0 aliphatic carbocycles. The first-order valence-electron chi connectivity index (χ1n) is 5.71. The molecule has 1 aromatic rings. The van der Waals surface area contributed by atoms with Crippen molar-refractivity contribution in [2.45, 2.75) is 31.7 Å². The zero-order valence-corrected chi connectivity index (χ0v) is 11.2. The van der Waals surface area contributed by atoms with Gasteiger partial charge in [0.2, 0.25) is 0 Å². The van der Waals surface area contributed by atoms with Gasteiger partial charge in [0.1, 0.15) is 11.1 Å². The molecule has 2 rings (SSSR count). The van der Waals surface area contributed by atoms with E-state index >= 15 is 0 Å². The molecule has 4 nitrogen and oxygen atoms in total. The van der Waals surface area contributed by atoms with Crippen molar-refractivity contribution in [1.82, 2.24) is 10.2 Å². The molecule has 17 heavy (non-hydrogen) atoms. The Kier molecular flexibility index (Phi) is 3.38. The van der Waals surface area contributed by atoms with Gasteiger partial charge in [-0.2, -0.15) is 0 Å². The Bertz CT molecular complexity index is 384. The number of hydrogen-bond acceptors (Lipinski definition) is 3. The quantitative estimate of drug-likeness (QED) is 0.838. The van der Waals surface area contributed by atoms with Gasteiger partial charge in [-0.25, -0.2) is 4.79 Å². The number of carbonyl (C=O) groups is 1. The highest BCUT2D eigenvalue weighted by Gasteiger charge is 2.33. The Labute approximate surface area is 106 Å². The van der Waals surface area contributed by atoms with E-state index in [1.54, 1.807) is 18.0 Å². The van der Waals surface area contributed by atoms with E-state index in [2.05, 4.69) is 5.32 Å². The highest BCUT2D eigenvalue weighted by atomic mass is 32.2. The van der Waals surface area contributed by atoms with Crippen molar-refractivity contribution in [1.29, 1.82) is 0 Å². The molecule has 1 fully saturated rings. The Hall–Kier alpha value is -1.10. The largest absolute Gasteiger partial charge is 0.466 e. The molecule has 1 aliphatic heterocycles. The van der Waals surface area contributed by atoms with Gasteiger partial charge in [-0.3, -0.25) is 0 Å². The van der Waals surface area contributed by atoms with Gasteiger partial charge >= 0.3 is 6.03 Å². The Balaban J connectivity index is 2.07. The summed E-state index contributed by atoms with van der Waals surface area (Å²) in [4.78, 5) is 14.0. The van der Waals surface area contributed by atoms with Crippen LogP contribution in [0.15, 0.2) is 22.8 Å². The molecule has 0 saturated carbocycles. The minimum atomic E-state index is -0.210. The van der Waals surface area contributed by atoms with Crippen molar-refractivity contribution < 1.29 is 9.21 Å². The van der Waals surface area contributed by atoms with E-state index in [1.165, 1.54) is 0 Å². The zero-order valence-electron chi connectivity index (χ0n) is 10.4. The number of rotatable bonds is 1. The fraction of sp³-hybridized carbons (Fsp3) is 0.583. The fourth-order valence-corrected chi connectivity index (χ4v) is 2.94. The molecule has 0 aromatic carbocycles. The average molecular weight is 254 g/mol. The van der Waals surface area contributed by atoms with Crippen molar-refractivity contribution in [3.8, 4) is 0 Å². The number of amides is 2. The van der Waals surface area contributed by atoms with E-state index in [4.69, 9.17) is 4.42 Å². The van der Waals surface area contributed by atoms with Crippen LogP contribution in [0.25, 0.3) is 0 Å². The van der Waals surface area contributed by atoms with Gasteiger partial charge in [-0.05, 0) is 32.9 Å². The van der Waals surface area contributed by atoms with Crippen LogP contribution in [0.5, 0.6) is 0 Å². The average Bonchev–Trinajstić information content (AvgIpc) is 2.85. The molecule has 2 amide bonds. The number of urea groups is 1. The van der Waals surface area contributed by atoms with Gasteiger partial charge in [0, 0.05) is 17.8 Å². The second kappa shape index (κ2) is 4.64. The maximum Gasteiger partial charge on any atom is 0.319 e.